The van der Waals surface area contributed by atoms with Crippen LogP contribution >= 0.6 is 31.9 Å². The molecule has 0 saturated carbocycles. The lowest BCUT2D eigenvalue weighted by atomic mass is 10.2. The van der Waals surface area contributed by atoms with Crippen LogP contribution in [-0.2, 0) is 4.43 Å². The molecule has 0 aliphatic heterocycles. The van der Waals surface area contributed by atoms with Crippen LogP contribution in [0.1, 0.15) is 48.0 Å². The Morgan fingerprint density at radius 2 is 1.57 bits per heavy atom. The Kier molecular flexibility index (Phi) is 10.2. The monoisotopic (exact) mass is 480 g/mol. The van der Waals surface area contributed by atoms with Gasteiger partial charge in [0, 0.05) is 6.42 Å². The molecule has 0 amide bonds. The van der Waals surface area contributed by atoms with Gasteiger partial charge in [0.2, 0.25) is 0 Å². The van der Waals surface area contributed by atoms with Crippen molar-refractivity contribution in [2.45, 2.75) is 90.3 Å². The quantitative estimate of drug-likeness (QED) is 0.271. The highest BCUT2D eigenvalue weighted by Crippen LogP contribution is 2.38. The Labute approximate surface area is 163 Å². The third kappa shape index (κ3) is 8.05. The van der Waals surface area contributed by atoms with E-state index in [-0.39, 0.29) is 11.1 Å². The molecule has 5 heteroatoms. The molecular formula is C18H34Br2OSi2. The summed E-state index contributed by atoms with van der Waals surface area (Å²) in [7, 11) is -3.17. The van der Waals surface area contributed by atoms with Crippen LogP contribution in [0.5, 0.6) is 0 Å². The molecule has 0 aromatic rings. The fourth-order valence-corrected chi connectivity index (χ4v) is 6.54. The fraction of sp³-hybridized carbons (Fsp3) is 0.778. The standard InChI is InChI=1S/C18H34Br2OSi2/c1-9-23(10-2,11-3)14-12-13-16(15-17(19)20)21-22(7,8)18(4,5)6/h15-16H,9-11,13H2,1-8H3/t16-/m0/s1. The first-order valence-corrected chi connectivity index (χ1v) is 15.7. The summed E-state index contributed by atoms with van der Waals surface area (Å²) in [5.41, 5.74) is 3.67. The van der Waals surface area contributed by atoms with E-state index in [9.17, 15) is 0 Å². The molecule has 0 aliphatic rings. The van der Waals surface area contributed by atoms with Gasteiger partial charge in [0.1, 0.15) is 8.07 Å². The van der Waals surface area contributed by atoms with E-state index in [0.717, 1.165) is 9.81 Å². The zero-order valence-electron chi connectivity index (χ0n) is 16.1. The van der Waals surface area contributed by atoms with Gasteiger partial charge in [-0.25, -0.2) is 0 Å². The predicted octanol–water partition coefficient (Wildman–Crippen LogP) is 7.45. The van der Waals surface area contributed by atoms with Gasteiger partial charge in [0.15, 0.2) is 8.32 Å². The smallest absolute Gasteiger partial charge is 0.192 e. The lowest BCUT2D eigenvalue weighted by Gasteiger charge is -2.38. The van der Waals surface area contributed by atoms with Crippen molar-refractivity contribution >= 4 is 48.3 Å². The van der Waals surface area contributed by atoms with E-state index in [2.05, 4.69) is 104 Å². The molecule has 1 nitrogen and oxygen atoms in total. The number of hydrogen-bond acceptors (Lipinski definition) is 1. The second-order valence-electron chi connectivity index (χ2n) is 7.72. The molecule has 0 rings (SSSR count). The largest absolute Gasteiger partial charge is 0.410 e. The molecule has 1 atom stereocenters. The SMILES string of the molecule is CC[Si](C#CC[C@@H](C=C(Br)Br)O[Si](C)(C)C(C)(C)C)(CC)CC. The van der Waals surface area contributed by atoms with Crippen LogP contribution < -0.4 is 0 Å². The highest BCUT2D eigenvalue weighted by atomic mass is 79.9. The van der Waals surface area contributed by atoms with E-state index in [0.29, 0.717) is 0 Å². The zero-order valence-corrected chi connectivity index (χ0v) is 21.3. The van der Waals surface area contributed by atoms with Crippen LogP contribution in [0.2, 0.25) is 36.3 Å². The van der Waals surface area contributed by atoms with E-state index in [4.69, 9.17) is 4.43 Å². The van der Waals surface area contributed by atoms with Crippen LogP contribution in [-0.4, -0.2) is 22.5 Å². The average Bonchev–Trinajstić information content (AvgIpc) is 2.41. The first kappa shape index (κ1) is 23.7. The highest BCUT2D eigenvalue weighted by Gasteiger charge is 2.38. The summed E-state index contributed by atoms with van der Waals surface area (Å²) in [6, 6.07) is 3.75. The first-order valence-electron chi connectivity index (χ1n) is 8.63. The van der Waals surface area contributed by atoms with Crippen LogP contribution in [0.3, 0.4) is 0 Å². The average molecular weight is 482 g/mol. The molecule has 0 aromatic carbocycles. The van der Waals surface area contributed by atoms with Crippen molar-refractivity contribution in [1.82, 2.24) is 0 Å². The van der Waals surface area contributed by atoms with Crippen molar-refractivity contribution in [2.75, 3.05) is 0 Å². The maximum absolute atomic E-state index is 6.54. The summed E-state index contributed by atoms with van der Waals surface area (Å²) in [4.78, 5) is 0. The Morgan fingerprint density at radius 1 is 1.09 bits per heavy atom. The van der Waals surface area contributed by atoms with Gasteiger partial charge < -0.3 is 4.43 Å². The van der Waals surface area contributed by atoms with E-state index in [1.54, 1.807) is 0 Å². The molecule has 0 radical (unpaired) electrons. The van der Waals surface area contributed by atoms with Gasteiger partial charge in [-0.2, -0.15) is 0 Å². The van der Waals surface area contributed by atoms with Crippen molar-refractivity contribution < 1.29 is 4.43 Å². The second kappa shape index (κ2) is 9.96. The maximum atomic E-state index is 6.54. The van der Waals surface area contributed by atoms with Gasteiger partial charge in [-0.05, 0) is 74.2 Å². The minimum Gasteiger partial charge on any atom is -0.410 e. The molecule has 0 spiro atoms. The Hall–Kier alpha value is 0.654. The third-order valence-electron chi connectivity index (χ3n) is 5.25. The molecule has 0 N–H and O–H groups in total. The fourth-order valence-electron chi connectivity index (χ4n) is 2.18. The van der Waals surface area contributed by atoms with Crippen molar-refractivity contribution in [3.8, 4) is 11.5 Å². The molecule has 134 valence electrons. The normalized spacial score (nSPS) is 14.0. The molecule has 0 unspecified atom stereocenters. The molecule has 23 heavy (non-hydrogen) atoms. The second-order valence-corrected chi connectivity index (χ2v) is 20.2. The minimum atomic E-state index is -1.80. The summed E-state index contributed by atoms with van der Waals surface area (Å²) >= 11 is 6.96. The van der Waals surface area contributed by atoms with Crippen LogP contribution in [0, 0.1) is 11.5 Å². The summed E-state index contributed by atoms with van der Waals surface area (Å²) in [5.74, 6) is 3.48. The van der Waals surface area contributed by atoms with E-state index in [1.807, 2.05) is 0 Å². The summed E-state index contributed by atoms with van der Waals surface area (Å²) < 4.78 is 7.49. The van der Waals surface area contributed by atoms with Crippen LogP contribution in [0.15, 0.2) is 9.47 Å². The van der Waals surface area contributed by atoms with Crippen molar-refractivity contribution in [3.63, 3.8) is 0 Å². The van der Waals surface area contributed by atoms with Gasteiger partial charge in [-0.3, -0.25) is 0 Å². The number of hydrogen-bond donors (Lipinski definition) is 0. The van der Waals surface area contributed by atoms with Crippen LogP contribution in [0.4, 0.5) is 0 Å². The summed E-state index contributed by atoms with van der Waals surface area (Å²) in [6.45, 7) is 18.3. The molecule has 0 aliphatic carbocycles. The Balaban J connectivity index is 5.23. The molecule has 0 fully saturated rings. The van der Waals surface area contributed by atoms with E-state index < -0.39 is 16.4 Å². The van der Waals surface area contributed by atoms with Crippen LogP contribution in [0.25, 0.3) is 0 Å². The highest BCUT2D eigenvalue weighted by molar-refractivity contribution is 9.28. The maximum Gasteiger partial charge on any atom is 0.192 e. The van der Waals surface area contributed by atoms with Crippen molar-refractivity contribution in [3.05, 3.63) is 9.47 Å². The number of halogens is 2. The summed E-state index contributed by atoms with van der Waals surface area (Å²) in [5, 5.41) is 0.208. The topological polar surface area (TPSA) is 9.23 Å². The third-order valence-corrected chi connectivity index (χ3v) is 15.1. The molecule has 0 heterocycles. The minimum absolute atomic E-state index is 0.0504. The van der Waals surface area contributed by atoms with Gasteiger partial charge in [-0.1, -0.05) is 41.5 Å². The Morgan fingerprint density at radius 3 is 1.91 bits per heavy atom. The predicted molar refractivity (Wildman–Crippen MR) is 118 cm³/mol. The van der Waals surface area contributed by atoms with E-state index >= 15 is 0 Å². The molecule has 0 aromatic heterocycles. The van der Waals surface area contributed by atoms with Gasteiger partial charge in [-0.15, -0.1) is 11.5 Å². The molecule has 0 saturated heterocycles. The van der Waals surface area contributed by atoms with Crippen molar-refractivity contribution in [1.29, 1.82) is 0 Å². The molecule has 0 bridgehead atoms. The van der Waals surface area contributed by atoms with Gasteiger partial charge in [0.05, 0.1) is 9.50 Å². The van der Waals surface area contributed by atoms with Gasteiger partial charge >= 0.3 is 0 Å². The van der Waals surface area contributed by atoms with E-state index in [1.165, 1.54) is 18.1 Å². The van der Waals surface area contributed by atoms with Crippen molar-refractivity contribution in [2.24, 2.45) is 0 Å². The van der Waals surface area contributed by atoms with Gasteiger partial charge in [0.25, 0.3) is 0 Å². The molecular weight excluding hydrogens is 448 g/mol. The number of rotatable bonds is 7. The first-order chi connectivity index (χ1) is 10.4. The Bertz CT molecular complexity index is 440. The summed E-state index contributed by atoms with van der Waals surface area (Å²) in [6.07, 6.45) is 2.93. The lowest BCUT2D eigenvalue weighted by Crippen LogP contribution is -2.43. The lowest BCUT2D eigenvalue weighted by molar-refractivity contribution is 0.230. The zero-order chi connectivity index (χ0) is 18.3.